The van der Waals surface area contributed by atoms with Crippen LogP contribution in [-0.4, -0.2) is 36.2 Å². The highest BCUT2D eigenvalue weighted by atomic mass is 16.6. The lowest BCUT2D eigenvalue weighted by molar-refractivity contribution is -0.165. The van der Waals surface area contributed by atoms with Crippen molar-refractivity contribution < 1.29 is 28.6 Å². The first-order chi connectivity index (χ1) is 18.7. The van der Waals surface area contributed by atoms with Crippen molar-refractivity contribution in [2.45, 2.75) is 132 Å². The summed E-state index contributed by atoms with van der Waals surface area (Å²) in [5.74, 6) is 2.24. The quantitative estimate of drug-likeness (QED) is 0.177. The molecule has 0 spiro atoms. The average Bonchev–Trinajstić information content (AvgIpc) is 3.20. The van der Waals surface area contributed by atoms with Gasteiger partial charge in [0, 0.05) is 26.7 Å². The van der Waals surface area contributed by atoms with Gasteiger partial charge < -0.3 is 14.2 Å². The van der Waals surface area contributed by atoms with Gasteiger partial charge in [0.1, 0.15) is 18.3 Å². The summed E-state index contributed by atoms with van der Waals surface area (Å²) in [6.07, 6.45) is 10.1. The number of ether oxygens (including phenoxy) is 3. The van der Waals surface area contributed by atoms with E-state index in [2.05, 4.69) is 47.6 Å². The summed E-state index contributed by atoms with van der Waals surface area (Å²) >= 11 is 0. The van der Waals surface area contributed by atoms with E-state index in [1.807, 2.05) is 0 Å². The topological polar surface area (TPSA) is 78.9 Å². The monoisotopic (exact) mass is 558 g/mol. The number of hydrogen-bond donors (Lipinski definition) is 0. The van der Waals surface area contributed by atoms with Crippen LogP contribution in [0.2, 0.25) is 0 Å². The van der Waals surface area contributed by atoms with Gasteiger partial charge in [-0.05, 0) is 104 Å². The van der Waals surface area contributed by atoms with Crippen LogP contribution in [0.15, 0.2) is 11.6 Å². The van der Waals surface area contributed by atoms with Gasteiger partial charge in [-0.2, -0.15) is 0 Å². The summed E-state index contributed by atoms with van der Waals surface area (Å²) < 4.78 is 17.6. The number of rotatable bonds is 8. The Kier molecular flexibility index (Phi) is 9.17. The second-order valence-electron chi connectivity index (χ2n) is 14.7. The second-order valence-corrected chi connectivity index (χ2v) is 14.7. The van der Waals surface area contributed by atoms with Gasteiger partial charge in [0.15, 0.2) is 0 Å². The van der Waals surface area contributed by atoms with E-state index in [0.717, 1.165) is 38.5 Å². The molecule has 0 N–H and O–H groups in total. The molecule has 0 amide bonds. The molecule has 0 radical (unpaired) electrons. The molecule has 4 aliphatic carbocycles. The predicted octanol–water partition coefficient (Wildman–Crippen LogP) is 7.29. The fourth-order valence-corrected chi connectivity index (χ4v) is 9.68. The van der Waals surface area contributed by atoms with Gasteiger partial charge in [0.05, 0.1) is 0 Å². The normalized spacial score (nSPS) is 39.1. The molecule has 0 aliphatic heterocycles. The van der Waals surface area contributed by atoms with Gasteiger partial charge in [-0.3, -0.25) is 14.4 Å². The van der Waals surface area contributed by atoms with Gasteiger partial charge in [0.25, 0.3) is 0 Å². The number of carbonyl (C=O) groups excluding carboxylic acids is 3. The summed E-state index contributed by atoms with van der Waals surface area (Å²) in [6, 6.07) is 0. The van der Waals surface area contributed by atoms with Crippen molar-refractivity contribution in [3.63, 3.8) is 0 Å². The molecule has 6 heteroatoms. The first-order valence-electron chi connectivity index (χ1n) is 15.9. The fourth-order valence-electron chi connectivity index (χ4n) is 9.68. The molecule has 4 aliphatic rings. The van der Waals surface area contributed by atoms with Crippen molar-refractivity contribution in [3.8, 4) is 0 Å². The minimum atomic E-state index is -0.272. The third-order valence-electron chi connectivity index (χ3n) is 12.0. The Morgan fingerprint density at radius 1 is 0.850 bits per heavy atom. The third kappa shape index (κ3) is 5.88. The number of fused-ring (bicyclic) bond motifs is 5. The number of carbonyl (C=O) groups is 3. The zero-order valence-corrected chi connectivity index (χ0v) is 26.5. The molecule has 40 heavy (non-hydrogen) atoms. The van der Waals surface area contributed by atoms with E-state index in [0.29, 0.717) is 35.5 Å². The van der Waals surface area contributed by atoms with Gasteiger partial charge in [-0.25, -0.2) is 0 Å². The standard InChI is InChI=1S/C34H54O6/c1-19(2)21(4)31(39-23(6)36)16-20(3)27-10-11-28-26-18-32(40-24(7)37)30-17-25(38-22(5)35)12-14-34(30,9)29(26)13-15-33(27,28)8/h18-21,25,27-32H,10-17H2,1-9H3/t20-,21-,25?,27-,28+,29+,30?,31?,32?,33-,34-/m1/s1. The molecule has 0 aromatic carbocycles. The lowest BCUT2D eigenvalue weighted by Crippen LogP contribution is -2.54. The molecule has 6 nitrogen and oxygen atoms in total. The first-order valence-corrected chi connectivity index (χ1v) is 15.9. The van der Waals surface area contributed by atoms with Crippen LogP contribution in [0.25, 0.3) is 0 Å². The molecule has 11 atom stereocenters. The predicted molar refractivity (Wildman–Crippen MR) is 155 cm³/mol. The molecular weight excluding hydrogens is 504 g/mol. The molecule has 0 heterocycles. The fraction of sp³-hybridized carbons (Fsp3) is 0.853. The highest BCUT2D eigenvalue weighted by Crippen LogP contribution is 2.67. The van der Waals surface area contributed by atoms with E-state index in [-0.39, 0.29) is 53.0 Å². The van der Waals surface area contributed by atoms with Crippen molar-refractivity contribution >= 4 is 17.9 Å². The summed E-state index contributed by atoms with van der Waals surface area (Å²) in [7, 11) is 0. The molecule has 3 fully saturated rings. The highest BCUT2D eigenvalue weighted by molar-refractivity contribution is 5.67. The minimum absolute atomic E-state index is 0.0268. The molecule has 0 bridgehead atoms. The van der Waals surface area contributed by atoms with E-state index in [9.17, 15) is 14.4 Å². The maximum atomic E-state index is 12.3. The van der Waals surface area contributed by atoms with Gasteiger partial charge in [-0.1, -0.05) is 47.1 Å². The molecule has 3 saturated carbocycles. The van der Waals surface area contributed by atoms with Crippen molar-refractivity contribution in [1.29, 1.82) is 0 Å². The van der Waals surface area contributed by atoms with Crippen LogP contribution in [0.1, 0.15) is 114 Å². The van der Waals surface area contributed by atoms with E-state index in [4.69, 9.17) is 14.2 Å². The van der Waals surface area contributed by atoms with Crippen LogP contribution in [0.5, 0.6) is 0 Å². The largest absolute Gasteiger partial charge is 0.463 e. The Hall–Kier alpha value is -1.85. The van der Waals surface area contributed by atoms with E-state index >= 15 is 0 Å². The Bertz CT molecular complexity index is 1000. The first kappa shape index (κ1) is 31.1. The van der Waals surface area contributed by atoms with Crippen LogP contribution < -0.4 is 0 Å². The zero-order chi connectivity index (χ0) is 29.6. The van der Waals surface area contributed by atoms with E-state index < -0.39 is 0 Å². The summed E-state index contributed by atoms with van der Waals surface area (Å²) in [6.45, 7) is 18.4. The van der Waals surface area contributed by atoms with Gasteiger partial charge in [0.2, 0.25) is 0 Å². The molecule has 226 valence electrons. The maximum absolute atomic E-state index is 12.3. The summed E-state index contributed by atoms with van der Waals surface area (Å²) in [5, 5.41) is 0. The van der Waals surface area contributed by atoms with Crippen molar-refractivity contribution in [2.24, 2.45) is 52.3 Å². The second kappa shape index (κ2) is 11.8. The molecule has 0 aromatic rings. The van der Waals surface area contributed by atoms with Crippen LogP contribution in [0.4, 0.5) is 0 Å². The molecule has 4 rings (SSSR count). The van der Waals surface area contributed by atoms with E-state index in [1.54, 1.807) is 0 Å². The maximum Gasteiger partial charge on any atom is 0.303 e. The smallest absolute Gasteiger partial charge is 0.303 e. The highest BCUT2D eigenvalue weighted by Gasteiger charge is 2.60. The Labute approximate surface area is 242 Å². The summed E-state index contributed by atoms with van der Waals surface area (Å²) in [4.78, 5) is 36.0. The minimum Gasteiger partial charge on any atom is -0.463 e. The van der Waals surface area contributed by atoms with Crippen molar-refractivity contribution in [1.82, 2.24) is 0 Å². The summed E-state index contributed by atoms with van der Waals surface area (Å²) in [5.41, 5.74) is 1.73. The molecule has 0 aromatic heterocycles. The molecular formula is C34H54O6. The number of esters is 3. The SMILES string of the molecule is CC(=O)OC1CC[C@@]2(C)C(C1)C(OC(C)=O)C=C1[C@@H]3CC[C@H]([C@H](C)CC(OC(C)=O)[C@H](C)C(C)C)[C@@]3(C)CC[C@@H]12. The van der Waals surface area contributed by atoms with Gasteiger partial charge in [-0.15, -0.1) is 0 Å². The Morgan fingerprint density at radius 2 is 1.48 bits per heavy atom. The van der Waals surface area contributed by atoms with Crippen molar-refractivity contribution in [2.75, 3.05) is 0 Å². The molecule has 4 unspecified atom stereocenters. The van der Waals surface area contributed by atoms with Crippen LogP contribution in [-0.2, 0) is 28.6 Å². The zero-order valence-electron chi connectivity index (χ0n) is 26.5. The van der Waals surface area contributed by atoms with Crippen LogP contribution in [0, 0.1) is 52.3 Å². The lowest BCUT2D eigenvalue weighted by atomic mass is 9.47. The van der Waals surface area contributed by atoms with Crippen molar-refractivity contribution in [3.05, 3.63) is 11.6 Å². The Morgan fingerprint density at radius 3 is 2.08 bits per heavy atom. The Balaban J connectivity index is 1.60. The van der Waals surface area contributed by atoms with Crippen LogP contribution in [0.3, 0.4) is 0 Å². The number of allylic oxidation sites excluding steroid dienone is 1. The van der Waals surface area contributed by atoms with E-state index in [1.165, 1.54) is 39.2 Å². The van der Waals surface area contributed by atoms with Crippen LogP contribution >= 0.6 is 0 Å². The lowest BCUT2D eigenvalue weighted by Gasteiger charge is -2.59. The number of hydrogen-bond acceptors (Lipinski definition) is 6. The average molecular weight is 559 g/mol. The third-order valence-corrected chi connectivity index (χ3v) is 12.0. The van der Waals surface area contributed by atoms with Gasteiger partial charge >= 0.3 is 17.9 Å². The molecule has 0 saturated heterocycles.